The summed E-state index contributed by atoms with van der Waals surface area (Å²) in [5.74, 6) is 1.42. The quantitative estimate of drug-likeness (QED) is 0.563. The zero-order valence-corrected chi connectivity index (χ0v) is 9.87. The smallest absolute Gasteiger partial charge is 0.00470 e. The van der Waals surface area contributed by atoms with Gasteiger partial charge in [0.15, 0.2) is 0 Å². The Kier molecular flexibility index (Phi) is 6.79. The molecule has 1 fully saturated rings. The Morgan fingerprint density at radius 2 is 1.77 bits per heavy atom. The molecule has 1 aliphatic carbocycles. The first kappa shape index (κ1) is 11.4. The number of thioether (sulfide) groups is 1. The molecule has 0 amide bonds. The predicted octanol–water partition coefficient (Wildman–Crippen LogP) is 4.63. The molecule has 0 nitrogen and oxygen atoms in total. The van der Waals surface area contributed by atoms with Crippen molar-refractivity contribution in [3.05, 3.63) is 0 Å². The van der Waals surface area contributed by atoms with Gasteiger partial charge < -0.3 is 0 Å². The Morgan fingerprint density at radius 1 is 1.00 bits per heavy atom. The van der Waals surface area contributed by atoms with Crippen LogP contribution in [0.1, 0.15) is 64.7 Å². The second-order valence-corrected chi connectivity index (χ2v) is 5.60. The Balaban J connectivity index is 1.86. The first-order valence-electron chi connectivity index (χ1n) is 6.05. The van der Waals surface area contributed by atoms with Crippen molar-refractivity contribution in [2.45, 2.75) is 70.0 Å². The molecule has 1 aliphatic rings. The zero-order valence-electron chi connectivity index (χ0n) is 9.06. The lowest BCUT2D eigenvalue weighted by Crippen LogP contribution is -2.08. The van der Waals surface area contributed by atoms with E-state index < -0.39 is 0 Å². The van der Waals surface area contributed by atoms with Crippen molar-refractivity contribution in [1.29, 1.82) is 0 Å². The number of hydrogen-bond donors (Lipinski definition) is 0. The van der Waals surface area contributed by atoms with Gasteiger partial charge in [-0.1, -0.05) is 45.4 Å². The summed E-state index contributed by atoms with van der Waals surface area (Å²) < 4.78 is 0. The molecule has 0 unspecified atom stereocenters. The molecule has 0 radical (unpaired) electrons. The van der Waals surface area contributed by atoms with Gasteiger partial charge in [-0.3, -0.25) is 0 Å². The molecule has 0 heterocycles. The van der Waals surface area contributed by atoms with Gasteiger partial charge in [-0.05, 0) is 25.0 Å². The number of rotatable bonds is 6. The van der Waals surface area contributed by atoms with Gasteiger partial charge in [0.25, 0.3) is 0 Å². The summed E-state index contributed by atoms with van der Waals surface area (Å²) in [6.07, 6.45) is 13.2. The van der Waals surface area contributed by atoms with Crippen LogP contribution >= 0.6 is 11.8 Å². The van der Waals surface area contributed by atoms with Crippen molar-refractivity contribution in [1.82, 2.24) is 0 Å². The highest BCUT2D eigenvalue weighted by atomic mass is 32.2. The molecule has 0 spiro atoms. The molecule has 0 N–H and O–H groups in total. The van der Waals surface area contributed by atoms with Crippen LogP contribution < -0.4 is 0 Å². The lowest BCUT2D eigenvalue weighted by atomic mass is 10.0. The topological polar surface area (TPSA) is 0 Å². The minimum Gasteiger partial charge on any atom is -0.159 e. The first-order chi connectivity index (χ1) is 6.43. The molecule has 0 aliphatic heterocycles. The van der Waals surface area contributed by atoms with E-state index in [4.69, 9.17) is 0 Å². The van der Waals surface area contributed by atoms with E-state index in [1.54, 1.807) is 0 Å². The molecule has 0 atom stereocenters. The summed E-state index contributed by atoms with van der Waals surface area (Å²) >= 11 is 2.25. The Labute approximate surface area is 87.9 Å². The van der Waals surface area contributed by atoms with Gasteiger partial charge in [-0.25, -0.2) is 0 Å². The van der Waals surface area contributed by atoms with Crippen LogP contribution in [0, 0.1) is 0 Å². The van der Waals surface area contributed by atoms with Gasteiger partial charge in [0.2, 0.25) is 0 Å². The summed E-state index contributed by atoms with van der Waals surface area (Å²) in [6, 6.07) is 0. The van der Waals surface area contributed by atoms with Gasteiger partial charge in [-0.2, -0.15) is 11.8 Å². The lowest BCUT2D eigenvalue weighted by molar-refractivity contribution is 0.515. The Bertz CT molecular complexity index is 106. The molecule has 0 bridgehead atoms. The maximum Gasteiger partial charge on any atom is 0.00470 e. The van der Waals surface area contributed by atoms with Crippen molar-refractivity contribution in [3.63, 3.8) is 0 Å². The van der Waals surface area contributed by atoms with Crippen LogP contribution in [0.2, 0.25) is 0 Å². The zero-order chi connectivity index (χ0) is 9.36. The van der Waals surface area contributed by atoms with Gasteiger partial charge in [-0.15, -0.1) is 0 Å². The molecular formula is C12H24S. The average Bonchev–Trinajstić information content (AvgIpc) is 2.19. The molecule has 0 aromatic rings. The Hall–Kier alpha value is 0.350. The summed E-state index contributed by atoms with van der Waals surface area (Å²) in [4.78, 5) is 0. The molecule has 1 rings (SSSR count). The Morgan fingerprint density at radius 3 is 2.46 bits per heavy atom. The molecule has 0 saturated heterocycles. The molecule has 0 aromatic carbocycles. The van der Waals surface area contributed by atoms with E-state index in [9.17, 15) is 0 Å². The highest BCUT2D eigenvalue weighted by molar-refractivity contribution is 7.99. The SMILES string of the molecule is CCCCCCSC1CCCCC1. The van der Waals surface area contributed by atoms with E-state index in [-0.39, 0.29) is 0 Å². The normalized spacial score (nSPS) is 19.2. The van der Waals surface area contributed by atoms with Gasteiger partial charge in [0.05, 0.1) is 0 Å². The maximum atomic E-state index is 2.29. The van der Waals surface area contributed by atoms with Crippen LogP contribution in [-0.2, 0) is 0 Å². The lowest BCUT2D eigenvalue weighted by Gasteiger charge is -2.20. The highest BCUT2D eigenvalue weighted by Gasteiger charge is 2.12. The fraction of sp³-hybridized carbons (Fsp3) is 1.00. The van der Waals surface area contributed by atoms with Crippen molar-refractivity contribution in [2.24, 2.45) is 0 Å². The van der Waals surface area contributed by atoms with Crippen LogP contribution in [0.3, 0.4) is 0 Å². The highest BCUT2D eigenvalue weighted by Crippen LogP contribution is 2.28. The van der Waals surface area contributed by atoms with E-state index >= 15 is 0 Å². The third-order valence-corrected chi connectivity index (χ3v) is 4.37. The van der Waals surface area contributed by atoms with Crippen molar-refractivity contribution in [3.8, 4) is 0 Å². The molecule has 1 saturated carbocycles. The van der Waals surface area contributed by atoms with Crippen molar-refractivity contribution >= 4 is 11.8 Å². The van der Waals surface area contributed by atoms with Crippen LogP contribution in [0.5, 0.6) is 0 Å². The summed E-state index contributed by atoms with van der Waals surface area (Å²) in [6.45, 7) is 2.29. The van der Waals surface area contributed by atoms with Crippen molar-refractivity contribution in [2.75, 3.05) is 5.75 Å². The average molecular weight is 200 g/mol. The minimum atomic E-state index is 1.02. The van der Waals surface area contributed by atoms with Gasteiger partial charge in [0, 0.05) is 5.25 Å². The number of hydrogen-bond acceptors (Lipinski definition) is 1. The summed E-state index contributed by atoms with van der Waals surface area (Å²) in [5, 5.41) is 1.02. The largest absolute Gasteiger partial charge is 0.159 e. The van der Waals surface area contributed by atoms with Crippen LogP contribution in [0.15, 0.2) is 0 Å². The van der Waals surface area contributed by atoms with Crippen LogP contribution in [0.4, 0.5) is 0 Å². The standard InChI is InChI=1S/C12H24S/c1-2-3-4-8-11-13-12-9-6-5-7-10-12/h12H,2-11H2,1H3. The molecule has 1 heteroatoms. The van der Waals surface area contributed by atoms with Gasteiger partial charge >= 0.3 is 0 Å². The molecule has 0 aromatic heterocycles. The van der Waals surface area contributed by atoms with E-state index in [2.05, 4.69) is 18.7 Å². The fourth-order valence-corrected chi connectivity index (χ4v) is 3.38. The van der Waals surface area contributed by atoms with Gasteiger partial charge in [0.1, 0.15) is 0 Å². The summed E-state index contributed by atoms with van der Waals surface area (Å²) in [5.41, 5.74) is 0. The molecule has 13 heavy (non-hydrogen) atoms. The first-order valence-corrected chi connectivity index (χ1v) is 7.10. The second kappa shape index (κ2) is 7.73. The van der Waals surface area contributed by atoms with E-state index in [1.165, 1.54) is 63.5 Å². The third-order valence-electron chi connectivity index (χ3n) is 2.90. The van der Waals surface area contributed by atoms with Crippen LogP contribution in [-0.4, -0.2) is 11.0 Å². The third kappa shape index (κ3) is 5.61. The fourth-order valence-electron chi connectivity index (χ4n) is 2.01. The number of unbranched alkanes of at least 4 members (excludes halogenated alkanes) is 3. The van der Waals surface area contributed by atoms with E-state index in [0.717, 1.165) is 5.25 Å². The van der Waals surface area contributed by atoms with Crippen molar-refractivity contribution < 1.29 is 0 Å². The van der Waals surface area contributed by atoms with Crippen LogP contribution in [0.25, 0.3) is 0 Å². The summed E-state index contributed by atoms with van der Waals surface area (Å²) in [7, 11) is 0. The maximum absolute atomic E-state index is 2.29. The minimum absolute atomic E-state index is 1.02. The molecular weight excluding hydrogens is 176 g/mol. The van der Waals surface area contributed by atoms with E-state index in [1.807, 2.05) is 0 Å². The monoisotopic (exact) mass is 200 g/mol. The second-order valence-electron chi connectivity index (χ2n) is 4.19. The molecule has 78 valence electrons. The predicted molar refractivity (Wildman–Crippen MR) is 63.5 cm³/mol. The van der Waals surface area contributed by atoms with E-state index in [0.29, 0.717) is 0 Å².